The Morgan fingerprint density at radius 1 is 1.30 bits per heavy atom. The molecule has 1 aliphatic carbocycles. The third-order valence-electron chi connectivity index (χ3n) is 4.30. The first-order valence-electron chi connectivity index (χ1n) is 7.87. The van der Waals surface area contributed by atoms with E-state index in [1.165, 1.54) is 12.8 Å². The van der Waals surface area contributed by atoms with E-state index in [0.717, 1.165) is 25.7 Å². The molecule has 1 amide bonds. The van der Waals surface area contributed by atoms with E-state index in [-0.39, 0.29) is 23.7 Å². The van der Waals surface area contributed by atoms with Crippen molar-refractivity contribution in [3.05, 3.63) is 0 Å². The van der Waals surface area contributed by atoms with Crippen molar-refractivity contribution in [2.24, 2.45) is 11.7 Å². The number of hydrogen-bond donors (Lipinski definition) is 2. The summed E-state index contributed by atoms with van der Waals surface area (Å²) in [5, 5.41) is 2.87. The predicted molar refractivity (Wildman–Crippen MR) is 77.1 cm³/mol. The van der Waals surface area contributed by atoms with Crippen LogP contribution in [0.15, 0.2) is 0 Å². The van der Waals surface area contributed by atoms with Crippen LogP contribution in [0.2, 0.25) is 0 Å². The van der Waals surface area contributed by atoms with Crippen molar-refractivity contribution in [3.8, 4) is 0 Å². The highest BCUT2D eigenvalue weighted by Gasteiger charge is 2.41. The third-order valence-corrected chi connectivity index (χ3v) is 4.30. The van der Waals surface area contributed by atoms with E-state index in [4.69, 9.17) is 15.2 Å². The molecule has 2 atom stereocenters. The normalized spacial score (nSPS) is 27.5. The molecule has 1 saturated carbocycles. The Balaban J connectivity index is 1.77. The minimum absolute atomic E-state index is 0.0450. The first-order chi connectivity index (χ1) is 9.52. The molecule has 1 aliphatic heterocycles. The van der Waals surface area contributed by atoms with Gasteiger partial charge in [0.2, 0.25) is 5.91 Å². The van der Waals surface area contributed by atoms with E-state index in [1.807, 2.05) is 13.8 Å². The average molecular weight is 284 g/mol. The van der Waals surface area contributed by atoms with E-state index in [1.54, 1.807) is 0 Å². The molecule has 2 aliphatic rings. The highest BCUT2D eigenvalue weighted by molar-refractivity contribution is 5.81. The van der Waals surface area contributed by atoms with Crippen LogP contribution < -0.4 is 11.1 Å². The highest BCUT2D eigenvalue weighted by atomic mass is 16.7. The Hall–Kier alpha value is -0.650. The van der Waals surface area contributed by atoms with Crippen molar-refractivity contribution >= 4 is 5.91 Å². The van der Waals surface area contributed by atoms with E-state index in [9.17, 15) is 4.79 Å². The molecule has 1 unspecified atom stereocenters. The van der Waals surface area contributed by atoms with Crippen LogP contribution in [0.4, 0.5) is 0 Å². The lowest BCUT2D eigenvalue weighted by molar-refractivity contribution is -0.175. The van der Waals surface area contributed by atoms with Gasteiger partial charge in [-0.15, -0.1) is 0 Å². The molecular weight excluding hydrogens is 256 g/mol. The minimum atomic E-state index is -0.454. The van der Waals surface area contributed by atoms with Crippen LogP contribution in [0.3, 0.4) is 0 Å². The van der Waals surface area contributed by atoms with Gasteiger partial charge in [-0.3, -0.25) is 4.79 Å². The smallest absolute Gasteiger partial charge is 0.237 e. The van der Waals surface area contributed by atoms with E-state index in [2.05, 4.69) is 5.32 Å². The molecule has 1 heterocycles. The Kier molecular flexibility index (Phi) is 5.41. The number of hydrogen-bond acceptors (Lipinski definition) is 4. The molecule has 1 saturated heterocycles. The lowest BCUT2D eigenvalue weighted by atomic mass is 10.1. The molecule has 0 aromatic carbocycles. The van der Waals surface area contributed by atoms with Gasteiger partial charge in [0.15, 0.2) is 5.79 Å². The number of carbonyl (C=O) groups is 1. The fourth-order valence-electron chi connectivity index (χ4n) is 2.88. The summed E-state index contributed by atoms with van der Waals surface area (Å²) < 4.78 is 12.0. The van der Waals surface area contributed by atoms with E-state index in [0.29, 0.717) is 13.2 Å². The molecule has 0 aromatic heterocycles. The first kappa shape index (κ1) is 15.7. The van der Waals surface area contributed by atoms with Crippen LogP contribution in [0.1, 0.15) is 52.4 Å². The Bertz CT molecular complexity index is 325. The van der Waals surface area contributed by atoms with Gasteiger partial charge in [-0.25, -0.2) is 0 Å². The summed E-state index contributed by atoms with van der Waals surface area (Å²) in [7, 11) is 0. The summed E-state index contributed by atoms with van der Waals surface area (Å²) in [6.45, 7) is 4.94. The second kappa shape index (κ2) is 6.87. The Morgan fingerprint density at radius 2 is 1.95 bits per heavy atom. The second-order valence-electron chi connectivity index (χ2n) is 6.39. The van der Waals surface area contributed by atoms with E-state index >= 15 is 0 Å². The van der Waals surface area contributed by atoms with Gasteiger partial charge < -0.3 is 20.5 Å². The molecular formula is C15H28N2O3. The largest absolute Gasteiger partial charge is 0.352 e. The quantitative estimate of drug-likeness (QED) is 0.821. The van der Waals surface area contributed by atoms with Gasteiger partial charge in [-0.05, 0) is 18.8 Å². The van der Waals surface area contributed by atoms with Crippen molar-refractivity contribution < 1.29 is 14.3 Å². The standard InChI is InChI=1S/C15H28N2O3/c1-11(2)13(16)14(18)17-9-12-10-19-15(20-12)7-5-3-4-6-8-15/h11-13H,3-10,16H2,1-2H3,(H,17,18)/t12?,13-/m0/s1. The van der Waals surface area contributed by atoms with Crippen LogP contribution >= 0.6 is 0 Å². The minimum Gasteiger partial charge on any atom is -0.352 e. The second-order valence-corrected chi connectivity index (χ2v) is 6.39. The molecule has 20 heavy (non-hydrogen) atoms. The summed E-state index contributed by atoms with van der Waals surface area (Å²) >= 11 is 0. The van der Waals surface area contributed by atoms with Crippen LogP contribution in [-0.4, -0.2) is 37.0 Å². The average Bonchev–Trinajstić information content (AvgIpc) is 2.67. The fourth-order valence-corrected chi connectivity index (χ4v) is 2.88. The lowest BCUT2D eigenvalue weighted by Crippen LogP contribution is -2.46. The van der Waals surface area contributed by atoms with Crippen molar-refractivity contribution in [1.29, 1.82) is 0 Å². The third kappa shape index (κ3) is 3.93. The number of ether oxygens (including phenoxy) is 2. The summed E-state index contributed by atoms with van der Waals surface area (Å²) in [4.78, 5) is 11.8. The van der Waals surface area contributed by atoms with Gasteiger partial charge in [0.25, 0.3) is 0 Å². The van der Waals surface area contributed by atoms with Gasteiger partial charge >= 0.3 is 0 Å². The van der Waals surface area contributed by atoms with E-state index < -0.39 is 6.04 Å². The molecule has 0 aromatic rings. The zero-order valence-electron chi connectivity index (χ0n) is 12.7. The first-order valence-corrected chi connectivity index (χ1v) is 7.87. The summed E-state index contributed by atoms with van der Waals surface area (Å²) in [5.74, 6) is -0.346. The molecule has 0 bridgehead atoms. The molecule has 5 heteroatoms. The zero-order chi connectivity index (χ0) is 14.6. The number of rotatable bonds is 4. The van der Waals surface area contributed by atoms with Gasteiger partial charge in [0, 0.05) is 19.4 Å². The topological polar surface area (TPSA) is 73.6 Å². The molecule has 2 rings (SSSR count). The molecule has 2 fully saturated rings. The zero-order valence-corrected chi connectivity index (χ0v) is 12.7. The Labute approximate surface area is 121 Å². The fraction of sp³-hybridized carbons (Fsp3) is 0.933. The highest BCUT2D eigenvalue weighted by Crippen LogP contribution is 2.36. The number of nitrogens with one attached hydrogen (secondary N) is 1. The number of amides is 1. The SMILES string of the molecule is CC(C)[C@H](N)C(=O)NCC1COC2(CCCCCC2)O1. The molecule has 5 nitrogen and oxygen atoms in total. The maximum absolute atomic E-state index is 11.8. The predicted octanol–water partition coefficient (Wildman–Crippen LogP) is 1.55. The van der Waals surface area contributed by atoms with Crippen molar-refractivity contribution in [1.82, 2.24) is 5.32 Å². The monoisotopic (exact) mass is 284 g/mol. The van der Waals surface area contributed by atoms with Crippen molar-refractivity contribution in [2.75, 3.05) is 13.2 Å². The summed E-state index contributed by atoms with van der Waals surface area (Å²) in [6.07, 6.45) is 6.76. The summed E-state index contributed by atoms with van der Waals surface area (Å²) in [5.41, 5.74) is 5.82. The maximum Gasteiger partial charge on any atom is 0.237 e. The molecule has 1 spiro atoms. The van der Waals surface area contributed by atoms with Crippen LogP contribution in [0.5, 0.6) is 0 Å². The Morgan fingerprint density at radius 3 is 2.55 bits per heavy atom. The van der Waals surface area contributed by atoms with Gasteiger partial charge in [-0.1, -0.05) is 26.7 Å². The molecule has 0 radical (unpaired) electrons. The van der Waals surface area contributed by atoms with Crippen LogP contribution in [0, 0.1) is 5.92 Å². The van der Waals surface area contributed by atoms with Gasteiger partial charge in [-0.2, -0.15) is 0 Å². The number of carbonyl (C=O) groups excluding carboxylic acids is 1. The van der Waals surface area contributed by atoms with Crippen molar-refractivity contribution in [2.45, 2.75) is 70.3 Å². The lowest BCUT2D eigenvalue weighted by Gasteiger charge is -2.26. The number of nitrogens with two attached hydrogens (primary N) is 1. The van der Waals surface area contributed by atoms with Gasteiger partial charge in [0.05, 0.1) is 12.6 Å². The molecule has 116 valence electrons. The maximum atomic E-state index is 11.8. The summed E-state index contributed by atoms with van der Waals surface area (Å²) in [6, 6.07) is -0.454. The van der Waals surface area contributed by atoms with Crippen LogP contribution in [-0.2, 0) is 14.3 Å². The van der Waals surface area contributed by atoms with Crippen molar-refractivity contribution in [3.63, 3.8) is 0 Å². The van der Waals surface area contributed by atoms with Gasteiger partial charge in [0.1, 0.15) is 6.10 Å². The van der Waals surface area contributed by atoms with Crippen LogP contribution in [0.25, 0.3) is 0 Å². The molecule has 3 N–H and O–H groups in total.